The van der Waals surface area contributed by atoms with Crippen LogP contribution in [0.1, 0.15) is 18.4 Å². The molecule has 2 aromatic carbocycles. The highest BCUT2D eigenvalue weighted by Crippen LogP contribution is 2.33. The van der Waals surface area contributed by atoms with E-state index < -0.39 is 0 Å². The molecule has 32 heavy (non-hydrogen) atoms. The Morgan fingerprint density at radius 3 is 2.50 bits per heavy atom. The predicted molar refractivity (Wildman–Crippen MR) is 122 cm³/mol. The summed E-state index contributed by atoms with van der Waals surface area (Å²) in [5, 5.41) is 10.0. The lowest BCUT2D eigenvalue weighted by molar-refractivity contribution is -0.386. The molecule has 0 aliphatic carbocycles. The van der Waals surface area contributed by atoms with Crippen LogP contribution in [0.5, 0.6) is 0 Å². The van der Waals surface area contributed by atoms with Crippen LogP contribution in [0.3, 0.4) is 0 Å². The molecule has 0 radical (unpaired) electrons. The van der Waals surface area contributed by atoms with Crippen LogP contribution in [0.2, 0.25) is 0 Å². The number of pyridine rings is 1. The Kier molecular flexibility index (Phi) is 6.65. The summed E-state index contributed by atoms with van der Waals surface area (Å²) < 4.78 is 0. The molecule has 164 valence electrons. The number of β-amino-alcohol motifs (C(OH)–C–C–N with tert-alkyl or cyclic N) is 1. The Labute approximate surface area is 193 Å². The van der Waals surface area contributed by atoms with Crippen molar-refractivity contribution in [1.29, 1.82) is 0 Å². The van der Waals surface area contributed by atoms with Gasteiger partial charge in [0.05, 0.1) is 24.5 Å². The molecule has 1 aliphatic rings. The van der Waals surface area contributed by atoms with Crippen LogP contribution in [0.15, 0.2) is 66.9 Å². The molecule has 0 bridgehead atoms. The van der Waals surface area contributed by atoms with Crippen molar-refractivity contribution in [3.8, 4) is 22.4 Å². The van der Waals surface area contributed by atoms with E-state index in [0.717, 1.165) is 59.7 Å². The second kappa shape index (κ2) is 9.61. The molecular weight excluding hydrogens is 422 g/mol. The summed E-state index contributed by atoms with van der Waals surface area (Å²) in [7, 11) is 0. The number of aromatic nitrogens is 3. The molecule has 4 N–H and O–H groups in total. The van der Waals surface area contributed by atoms with Gasteiger partial charge in [-0.2, -0.15) is 0 Å². The predicted octanol–water partition coefficient (Wildman–Crippen LogP) is 0.0658. The summed E-state index contributed by atoms with van der Waals surface area (Å²) in [6.07, 6.45) is 3.26. The van der Waals surface area contributed by atoms with Gasteiger partial charge in [-0.05, 0) is 24.5 Å². The SMILES string of the molecule is [Cl-].[NH3+]Cc1ccc(-c2nc3nc(N4CCCC(O)C4)cnc3cc2-c2ccccc2)cc1. The smallest absolute Gasteiger partial charge is 0.180 e. The molecule has 0 amide bonds. The molecule has 1 saturated heterocycles. The van der Waals surface area contributed by atoms with Crippen LogP contribution < -0.4 is 23.0 Å². The molecule has 1 atom stereocenters. The fourth-order valence-electron chi connectivity index (χ4n) is 4.14. The lowest BCUT2D eigenvalue weighted by atomic mass is 9.98. The van der Waals surface area contributed by atoms with Crippen molar-refractivity contribution >= 4 is 17.0 Å². The van der Waals surface area contributed by atoms with Crippen molar-refractivity contribution in [2.75, 3.05) is 18.0 Å². The Bertz CT molecular complexity index is 1200. The van der Waals surface area contributed by atoms with Gasteiger partial charge in [-0.25, -0.2) is 15.0 Å². The monoisotopic (exact) mass is 447 g/mol. The van der Waals surface area contributed by atoms with E-state index in [4.69, 9.17) is 9.97 Å². The maximum atomic E-state index is 10.0. The molecule has 0 spiro atoms. The Morgan fingerprint density at radius 2 is 1.78 bits per heavy atom. The average Bonchev–Trinajstić information content (AvgIpc) is 2.83. The number of anilines is 1. The van der Waals surface area contributed by atoms with E-state index in [2.05, 4.69) is 58.1 Å². The molecule has 0 saturated carbocycles. The first-order valence-corrected chi connectivity index (χ1v) is 10.8. The minimum atomic E-state index is -0.318. The van der Waals surface area contributed by atoms with E-state index >= 15 is 0 Å². The molecule has 7 heteroatoms. The fraction of sp³-hybridized carbons (Fsp3) is 0.240. The number of hydrogen-bond donors (Lipinski definition) is 2. The molecular formula is C25H26ClN5O. The maximum Gasteiger partial charge on any atom is 0.180 e. The number of benzene rings is 2. The highest BCUT2D eigenvalue weighted by atomic mass is 35.5. The summed E-state index contributed by atoms with van der Waals surface area (Å²) in [5.41, 5.74) is 10.6. The number of aliphatic hydroxyl groups is 1. The van der Waals surface area contributed by atoms with Crippen molar-refractivity contribution in [2.24, 2.45) is 0 Å². The molecule has 5 rings (SSSR count). The van der Waals surface area contributed by atoms with Crippen LogP contribution in [0.25, 0.3) is 33.5 Å². The zero-order valence-corrected chi connectivity index (χ0v) is 18.5. The van der Waals surface area contributed by atoms with E-state index in [1.807, 2.05) is 18.2 Å². The summed E-state index contributed by atoms with van der Waals surface area (Å²) in [6, 6.07) is 20.7. The van der Waals surface area contributed by atoms with Crippen LogP contribution >= 0.6 is 0 Å². The van der Waals surface area contributed by atoms with E-state index in [0.29, 0.717) is 12.2 Å². The zero-order chi connectivity index (χ0) is 21.2. The van der Waals surface area contributed by atoms with Crippen LogP contribution in [-0.2, 0) is 6.54 Å². The lowest BCUT2D eigenvalue weighted by Crippen LogP contribution is -3.00. The molecule has 3 heterocycles. The van der Waals surface area contributed by atoms with Crippen LogP contribution in [-0.4, -0.2) is 39.3 Å². The van der Waals surface area contributed by atoms with Gasteiger partial charge < -0.3 is 28.1 Å². The number of fused-ring (bicyclic) bond motifs is 1. The number of rotatable bonds is 4. The van der Waals surface area contributed by atoms with Gasteiger partial charge in [-0.3, -0.25) is 0 Å². The first kappa shape index (κ1) is 22.1. The third-order valence-electron chi connectivity index (χ3n) is 5.84. The highest BCUT2D eigenvalue weighted by molar-refractivity contribution is 5.88. The highest BCUT2D eigenvalue weighted by Gasteiger charge is 2.20. The van der Waals surface area contributed by atoms with Gasteiger partial charge in [0.25, 0.3) is 0 Å². The summed E-state index contributed by atoms with van der Waals surface area (Å²) in [5.74, 6) is 0.768. The minimum absolute atomic E-state index is 0. The van der Waals surface area contributed by atoms with Gasteiger partial charge in [-0.15, -0.1) is 0 Å². The largest absolute Gasteiger partial charge is 1.00 e. The second-order valence-corrected chi connectivity index (χ2v) is 8.01. The summed E-state index contributed by atoms with van der Waals surface area (Å²) in [6.45, 7) is 2.22. The van der Waals surface area contributed by atoms with Gasteiger partial charge >= 0.3 is 0 Å². The Hall–Kier alpha value is -3.06. The standard InChI is InChI=1S/C25H25N5O.ClH/c26-14-17-8-10-19(11-9-17)24-21(18-5-2-1-3-6-18)13-22-25(29-24)28-23(15-27-22)30-12-4-7-20(31)16-30;/h1-3,5-6,8-11,13,15,20,31H,4,7,12,14,16,26H2;1H. The van der Waals surface area contributed by atoms with Crippen molar-refractivity contribution in [1.82, 2.24) is 15.0 Å². The second-order valence-electron chi connectivity index (χ2n) is 8.01. The molecule has 1 fully saturated rings. The zero-order valence-electron chi connectivity index (χ0n) is 17.8. The quantitative estimate of drug-likeness (QED) is 0.462. The third-order valence-corrected chi connectivity index (χ3v) is 5.84. The van der Waals surface area contributed by atoms with Crippen molar-refractivity contribution in [3.05, 3.63) is 72.4 Å². The number of aliphatic hydroxyl groups excluding tert-OH is 1. The number of nitrogens with zero attached hydrogens (tertiary/aromatic N) is 4. The fourth-order valence-corrected chi connectivity index (χ4v) is 4.14. The number of hydrogen-bond acceptors (Lipinski definition) is 5. The van der Waals surface area contributed by atoms with E-state index in [1.54, 1.807) is 6.20 Å². The topological polar surface area (TPSA) is 89.8 Å². The van der Waals surface area contributed by atoms with Crippen molar-refractivity contribution in [3.63, 3.8) is 0 Å². The third kappa shape index (κ3) is 4.43. The Morgan fingerprint density at radius 1 is 1.00 bits per heavy atom. The molecule has 6 nitrogen and oxygen atoms in total. The lowest BCUT2D eigenvalue weighted by Gasteiger charge is -2.30. The number of halogens is 1. The molecule has 1 aliphatic heterocycles. The minimum Gasteiger partial charge on any atom is -1.00 e. The van der Waals surface area contributed by atoms with Gasteiger partial charge in [-0.1, -0.05) is 54.6 Å². The Balaban J connectivity index is 0.00000245. The summed E-state index contributed by atoms with van der Waals surface area (Å²) in [4.78, 5) is 16.6. The van der Waals surface area contributed by atoms with Crippen LogP contribution in [0.4, 0.5) is 5.82 Å². The van der Waals surface area contributed by atoms with Gasteiger partial charge in [0.15, 0.2) is 5.65 Å². The first-order chi connectivity index (χ1) is 15.2. The van der Waals surface area contributed by atoms with E-state index in [-0.39, 0.29) is 18.5 Å². The molecule has 4 aromatic rings. The maximum absolute atomic E-state index is 10.0. The summed E-state index contributed by atoms with van der Waals surface area (Å²) >= 11 is 0. The van der Waals surface area contributed by atoms with Gasteiger partial charge in [0.2, 0.25) is 0 Å². The molecule has 2 aromatic heterocycles. The van der Waals surface area contributed by atoms with E-state index in [9.17, 15) is 5.11 Å². The first-order valence-electron chi connectivity index (χ1n) is 10.8. The number of piperidine rings is 1. The average molecular weight is 448 g/mol. The molecule has 1 unspecified atom stereocenters. The van der Waals surface area contributed by atoms with Crippen molar-refractivity contribution in [2.45, 2.75) is 25.5 Å². The number of quaternary nitrogens is 1. The van der Waals surface area contributed by atoms with E-state index in [1.165, 1.54) is 5.56 Å². The van der Waals surface area contributed by atoms with Crippen molar-refractivity contribution < 1.29 is 23.2 Å². The van der Waals surface area contributed by atoms with Gasteiger partial charge in [0.1, 0.15) is 11.3 Å². The van der Waals surface area contributed by atoms with Gasteiger partial charge in [0, 0.05) is 29.8 Å². The van der Waals surface area contributed by atoms with Crippen LogP contribution in [0, 0.1) is 0 Å². The normalized spacial score (nSPS) is 16.1.